The SMILES string of the molecule is Cl.c1cc[siH]cc1. The molecule has 0 nitrogen and oxygen atoms in total. The lowest BCUT2D eigenvalue weighted by Gasteiger charge is -1.69. The summed E-state index contributed by atoms with van der Waals surface area (Å²) < 4.78 is 0. The first kappa shape index (κ1) is 6.86. The topological polar surface area (TPSA) is 0 Å². The molecular formula is C5H7ClSi. The van der Waals surface area contributed by atoms with E-state index in [9.17, 15) is 0 Å². The lowest BCUT2D eigenvalue weighted by Crippen LogP contribution is -1.60. The first-order valence-corrected chi connectivity index (χ1v) is 3.33. The van der Waals surface area contributed by atoms with Crippen LogP contribution in [0.15, 0.2) is 29.6 Å². The minimum Gasteiger partial charge on any atom is -0.147 e. The van der Waals surface area contributed by atoms with Gasteiger partial charge < -0.3 is 0 Å². The highest BCUT2D eigenvalue weighted by molar-refractivity contribution is 6.26. The van der Waals surface area contributed by atoms with Crippen LogP contribution in [0.25, 0.3) is 0 Å². The molecule has 0 atom stereocenters. The van der Waals surface area contributed by atoms with Gasteiger partial charge >= 0.3 is 0 Å². The Bertz CT molecular complexity index is 80.0. The third kappa shape index (κ3) is 2.54. The summed E-state index contributed by atoms with van der Waals surface area (Å²) in [5.74, 6) is 0. The quantitative estimate of drug-likeness (QED) is 0.463. The fourth-order valence-corrected chi connectivity index (χ4v) is 1.03. The van der Waals surface area contributed by atoms with E-state index in [0.29, 0.717) is 9.12 Å². The van der Waals surface area contributed by atoms with Crippen molar-refractivity contribution in [3.05, 3.63) is 29.6 Å². The summed E-state index contributed by atoms with van der Waals surface area (Å²) in [6.07, 6.45) is 0. The molecule has 0 unspecified atom stereocenters. The van der Waals surface area contributed by atoms with Gasteiger partial charge in [0.15, 0.2) is 0 Å². The van der Waals surface area contributed by atoms with Crippen LogP contribution in [0.4, 0.5) is 0 Å². The van der Waals surface area contributed by atoms with Crippen LogP contribution < -0.4 is 0 Å². The Labute approximate surface area is 51.7 Å². The molecule has 0 fully saturated rings. The standard InChI is InChI=1S/C5H6Si.ClH/c1-2-4-6-5-3-1;/h1-6H;1H. The molecule has 1 aromatic heterocycles. The van der Waals surface area contributed by atoms with E-state index in [1.54, 1.807) is 0 Å². The molecule has 0 aromatic carbocycles. The first-order chi connectivity index (χ1) is 3.00. The molecule has 2 heteroatoms. The molecule has 38 valence electrons. The largest absolute Gasteiger partial charge is 0.147 e. The van der Waals surface area contributed by atoms with E-state index in [1.165, 1.54) is 0 Å². The maximum atomic E-state index is 2.21. The summed E-state index contributed by atoms with van der Waals surface area (Å²) in [4.78, 5) is 0. The molecule has 1 heterocycles. The van der Waals surface area contributed by atoms with Crippen molar-refractivity contribution in [2.75, 3.05) is 0 Å². The van der Waals surface area contributed by atoms with Crippen molar-refractivity contribution in [1.29, 1.82) is 0 Å². The maximum absolute atomic E-state index is 2.21. The van der Waals surface area contributed by atoms with Crippen molar-refractivity contribution in [3.8, 4) is 0 Å². The zero-order chi connectivity index (χ0) is 4.24. The summed E-state index contributed by atoms with van der Waals surface area (Å²) >= 11 is 0. The van der Waals surface area contributed by atoms with Gasteiger partial charge in [0.05, 0.1) is 0 Å². The molecule has 1 rings (SSSR count). The van der Waals surface area contributed by atoms with E-state index < -0.39 is 0 Å². The number of hydrogen-bond donors (Lipinski definition) is 0. The van der Waals surface area contributed by atoms with E-state index >= 15 is 0 Å². The van der Waals surface area contributed by atoms with E-state index in [0.717, 1.165) is 0 Å². The monoisotopic (exact) mass is 130 g/mol. The van der Waals surface area contributed by atoms with Gasteiger partial charge in [-0.1, -0.05) is 29.6 Å². The van der Waals surface area contributed by atoms with Gasteiger partial charge in [-0.15, -0.1) is 12.4 Å². The Morgan fingerprint density at radius 3 is 1.57 bits per heavy atom. The van der Waals surface area contributed by atoms with Gasteiger partial charge in [0, 0.05) is 9.12 Å². The van der Waals surface area contributed by atoms with Crippen LogP contribution in [0.2, 0.25) is 0 Å². The molecule has 0 radical (unpaired) electrons. The predicted octanol–water partition coefficient (Wildman–Crippen LogP) is 1.18. The summed E-state index contributed by atoms with van der Waals surface area (Å²) in [6, 6.07) is 6.24. The molecule has 0 bridgehead atoms. The fourth-order valence-electron chi connectivity index (χ4n) is 0.385. The van der Waals surface area contributed by atoms with Crippen LogP contribution in [-0.4, -0.2) is 9.12 Å². The third-order valence-corrected chi connectivity index (χ3v) is 1.56. The molecular weight excluding hydrogens is 124 g/mol. The van der Waals surface area contributed by atoms with Gasteiger partial charge in [-0.2, -0.15) is 0 Å². The number of hydrogen-bond acceptors (Lipinski definition) is 0. The van der Waals surface area contributed by atoms with Crippen molar-refractivity contribution < 1.29 is 0 Å². The molecule has 0 saturated carbocycles. The Morgan fingerprint density at radius 1 is 0.857 bits per heavy atom. The number of rotatable bonds is 0. The zero-order valence-electron chi connectivity index (χ0n) is 3.87. The lowest BCUT2D eigenvalue weighted by atomic mass is 10.6. The van der Waals surface area contributed by atoms with Crippen molar-refractivity contribution in [2.45, 2.75) is 0 Å². The van der Waals surface area contributed by atoms with Crippen molar-refractivity contribution >= 4 is 21.5 Å². The normalized spacial score (nSPS) is 6.86. The molecule has 0 aliphatic carbocycles. The van der Waals surface area contributed by atoms with Crippen LogP contribution in [0.3, 0.4) is 0 Å². The van der Waals surface area contributed by atoms with Crippen LogP contribution in [0.5, 0.6) is 0 Å². The summed E-state index contributed by atoms with van der Waals surface area (Å²) in [5, 5.41) is 0. The van der Waals surface area contributed by atoms with Gasteiger partial charge in [-0.05, 0) is 0 Å². The summed E-state index contributed by atoms with van der Waals surface area (Å²) in [6.45, 7) is 0. The first-order valence-electron chi connectivity index (χ1n) is 2.00. The van der Waals surface area contributed by atoms with Crippen molar-refractivity contribution in [3.63, 3.8) is 0 Å². The second-order valence-electron chi connectivity index (χ2n) is 1.15. The van der Waals surface area contributed by atoms with E-state index in [4.69, 9.17) is 0 Å². The summed E-state index contributed by atoms with van der Waals surface area (Å²) in [5.41, 5.74) is 4.42. The van der Waals surface area contributed by atoms with E-state index in [-0.39, 0.29) is 12.4 Å². The third-order valence-electron chi connectivity index (χ3n) is 0.667. The molecule has 0 N–H and O–H groups in total. The molecule has 0 aliphatic rings. The highest BCUT2D eigenvalue weighted by Crippen LogP contribution is 1.73. The van der Waals surface area contributed by atoms with Gasteiger partial charge in [-0.3, -0.25) is 0 Å². The van der Waals surface area contributed by atoms with E-state index in [2.05, 4.69) is 29.6 Å². The zero-order valence-corrected chi connectivity index (χ0v) is 5.84. The highest BCUT2D eigenvalue weighted by atomic mass is 35.5. The van der Waals surface area contributed by atoms with Crippen LogP contribution in [0, 0.1) is 0 Å². The molecule has 7 heavy (non-hydrogen) atoms. The average molecular weight is 131 g/mol. The lowest BCUT2D eigenvalue weighted by molar-refractivity contribution is 1.87. The fraction of sp³-hybridized carbons (Fsp3) is 0. The second-order valence-corrected chi connectivity index (χ2v) is 2.31. The van der Waals surface area contributed by atoms with Gasteiger partial charge in [0.25, 0.3) is 0 Å². The smallest absolute Gasteiger partial charge is 0.0198 e. The van der Waals surface area contributed by atoms with Crippen LogP contribution in [-0.2, 0) is 0 Å². The predicted molar refractivity (Wildman–Crippen MR) is 36.4 cm³/mol. The highest BCUT2D eigenvalue weighted by Gasteiger charge is 1.58. The van der Waals surface area contributed by atoms with Crippen LogP contribution in [0.1, 0.15) is 0 Å². The van der Waals surface area contributed by atoms with Gasteiger partial charge in [-0.25, -0.2) is 0 Å². The second kappa shape index (κ2) is 4.03. The molecule has 0 amide bonds. The molecule has 0 spiro atoms. The Hall–Kier alpha value is -0.143. The molecule has 1 aromatic rings. The average Bonchev–Trinajstić information content (AvgIpc) is 1.72. The Morgan fingerprint density at radius 2 is 1.43 bits per heavy atom. The van der Waals surface area contributed by atoms with Crippen molar-refractivity contribution in [1.82, 2.24) is 0 Å². The Kier molecular flexibility index (Phi) is 3.95. The van der Waals surface area contributed by atoms with Crippen molar-refractivity contribution in [2.24, 2.45) is 0 Å². The summed E-state index contributed by atoms with van der Waals surface area (Å²) in [7, 11) is 0.513. The van der Waals surface area contributed by atoms with Gasteiger partial charge in [0.2, 0.25) is 0 Å². The van der Waals surface area contributed by atoms with Crippen LogP contribution >= 0.6 is 12.4 Å². The van der Waals surface area contributed by atoms with Gasteiger partial charge in [0.1, 0.15) is 0 Å². The minimum absolute atomic E-state index is 0. The molecule has 0 aliphatic heterocycles. The van der Waals surface area contributed by atoms with E-state index in [1.807, 2.05) is 0 Å². The number of halogens is 1. The molecule has 0 saturated heterocycles. The maximum Gasteiger partial charge on any atom is 0.0198 e. The Balaban J connectivity index is 0.000000360. The minimum atomic E-state index is 0.